The predicted octanol–water partition coefficient (Wildman–Crippen LogP) is 1.47. The standard InChI is InChI=1S/C8H12F3O4/c1-7(2)14-3-5(15-7)6(12)13-4-8(9,10)11/h5-6H,3-4H2,1-2H3. The van der Waals surface area contributed by atoms with Crippen LogP contribution in [0, 0.1) is 0 Å². The molecule has 0 bridgehead atoms. The van der Waals surface area contributed by atoms with Crippen LogP contribution in [0.15, 0.2) is 0 Å². The Bertz CT molecular complexity index is 216. The Labute approximate surface area is 84.9 Å². The second kappa shape index (κ2) is 4.25. The van der Waals surface area contributed by atoms with Crippen LogP contribution in [0.3, 0.4) is 0 Å². The van der Waals surface area contributed by atoms with Crippen molar-refractivity contribution in [3.8, 4) is 0 Å². The number of halogens is 3. The average Bonchev–Trinajstić information content (AvgIpc) is 2.40. The third-order valence-corrected chi connectivity index (χ3v) is 1.75. The van der Waals surface area contributed by atoms with Crippen molar-refractivity contribution in [2.45, 2.75) is 38.2 Å². The zero-order valence-electron chi connectivity index (χ0n) is 8.34. The number of ether oxygens (including phenoxy) is 3. The maximum Gasteiger partial charge on any atom is 0.411 e. The summed E-state index contributed by atoms with van der Waals surface area (Å²) in [7, 11) is 0. The monoisotopic (exact) mass is 229 g/mol. The molecule has 0 amide bonds. The molecule has 2 unspecified atom stereocenters. The fraction of sp³-hybridized carbons (Fsp3) is 1.00. The average molecular weight is 229 g/mol. The van der Waals surface area contributed by atoms with Gasteiger partial charge in [0.05, 0.1) is 6.61 Å². The summed E-state index contributed by atoms with van der Waals surface area (Å²) >= 11 is 0. The van der Waals surface area contributed by atoms with Crippen molar-refractivity contribution in [1.82, 2.24) is 0 Å². The largest absolute Gasteiger partial charge is 0.411 e. The fourth-order valence-corrected chi connectivity index (χ4v) is 1.13. The van der Waals surface area contributed by atoms with Crippen LogP contribution in [-0.4, -0.2) is 37.6 Å². The lowest BCUT2D eigenvalue weighted by molar-refractivity contribution is -0.262. The van der Waals surface area contributed by atoms with Gasteiger partial charge in [0.15, 0.2) is 5.79 Å². The van der Waals surface area contributed by atoms with E-state index in [1.54, 1.807) is 13.8 Å². The smallest absolute Gasteiger partial charge is 0.348 e. The van der Waals surface area contributed by atoms with Gasteiger partial charge in [-0.3, -0.25) is 0 Å². The SMILES string of the molecule is CC1(C)OCC(C([O])OCC(F)(F)F)O1. The van der Waals surface area contributed by atoms with Gasteiger partial charge in [0.2, 0.25) is 6.29 Å². The second-order valence-electron chi connectivity index (χ2n) is 3.66. The molecule has 1 saturated heterocycles. The molecule has 4 nitrogen and oxygen atoms in total. The van der Waals surface area contributed by atoms with Gasteiger partial charge >= 0.3 is 6.18 Å². The van der Waals surface area contributed by atoms with E-state index >= 15 is 0 Å². The molecule has 1 fully saturated rings. The zero-order chi connectivity index (χ0) is 11.7. The molecule has 0 aliphatic carbocycles. The van der Waals surface area contributed by atoms with E-state index in [4.69, 9.17) is 9.47 Å². The second-order valence-corrected chi connectivity index (χ2v) is 3.66. The zero-order valence-corrected chi connectivity index (χ0v) is 8.34. The Hall–Kier alpha value is -0.370. The molecule has 0 aromatic carbocycles. The Morgan fingerprint density at radius 2 is 2.13 bits per heavy atom. The van der Waals surface area contributed by atoms with Crippen LogP contribution in [0.1, 0.15) is 13.8 Å². The summed E-state index contributed by atoms with van der Waals surface area (Å²) in [5, 5.41) is 11.1. The van der Waals surface area contributed by atoms with Crippen molar-refractivity contribution in [2.24, 2.45) is 0 Å². The van der Waals surface area contributed by atoms with Gasteiger partial charge in [0, 0.05) is 0 Å². The lowest BCUT2D eigenvalue weighted by atomic mass is 10.3. The Morgan fingerprint density at radius 3 is 2.53 bits per heavy atom. The van der Waals surface area contributed by atoms with Crippen molar-refractivity contribution in [3.63, 3.8) is 0 Å². The molecule has 15 heavy (non-hydrogen) atoms. The third kappa shape index (κ3) is 4.33. The minimum atomic E-state index is -4.50. The van der Waals surface area contributed by atoms with Gasteiger partial charge in [-0.1, -0.05) is 0 Å². The molecule has 0 aromatic rings. The first kappa shape index (κ1) is 12.7. The minimum Gasteiger partial charge on any atom is -0.348 e. The van der Waals surface area contributed by atoms with E-state index in [0.717, 1.165) is 0 Å². The fourth-order valence-electron chi connectivity index (χ4n) is 1.13. The number of hydrogen-bond donors (Lipinski definition) is 0. The molecule has 0 spiro atoms. The Kier molecular flexibility index (Phi) is 3.59. The van der Waals surface area contributed by atoms with E-state index in [-0.39, 0.29) is 6.61 Å². The highest BCUT2D eigenvalue weighted by molar-refractivity contribution is 4.73. The van der Waals surface area contributed by atoms with E-state index in [1.165, 1.54) is 0 Å². The van der Waals surface area contributed by atoms with E-state index in [2.05, 4.69) is 4.74 Å². The minimum absolute atomic E-state index is 0.0565. The van der Waals surface area contributed by atoms with Crippen molar-refractivity contribution in [3.05, 3.63) is 0 Å². The highest BCUT2D eigenvalue weighted by Crippen LogP contribution is 2.25. The van der Waals surface area contributed by atoms with Crippen molar-refractivity contribution >= 4 is 0 Å². The molecule has 1 aliphatic heterocycles. The molecule has 7 heteroatoms. The lowest BCUT2D eigenvalue weighted by Crippen LogP contribution is -2.34. The molecular weight excluding hydrogens is 217 g/mol. The summed E-state index contributed by atoms with van der Waals surface area (Å²) in [6.07, 6.45) is -7.38. The molecule has 89 valence electrons. The molecule has 1 heterocycles. The molecule has 0 N–H and O–H groups in total. The van der Waals surface area contributed by atoms with Gasteiger partial charge in [-0.05, 0) is 13.8 Å². The normalized spacial score (nSPS) is 28.0. The van der Waals surface area contributed by atoms with Crippen LogP contribution in [0.4, 0.5) is 13.2 Å². The summed E-state index contributed by atoms with van der Waals surface area (Å²) in [5.41, 5.74) is 0. The summed E-state index contributed by atoms with van der Waals surface area (Å²) in [6, 6.07) is 0. The Morgan fingerprint density at radius 1 is 1.53 bits per heavy atom. The first-order valence-electron chi connectivity index (χ1n) is 4.35. The molecular formula is C8H12F3O4. The van der Waals surface area contributed by atoms with Crippen LogP contribution >= 0.6 is 0 Å². The van der Waals surface area contributed by atoms with E-state index in [0.29, 0.717) is 0 Å². The Balaban J connectivity index is 2.33. The number of hydrogen-bond acceptors (Lipinski definition) is 3. The third-order valence-electron chi connectivity index (χ3n) is 1.75. The summed E-state index contributed by atoms with van der Waals surface area (Å²) in [4.78, 5) is 0. The van der Waals surface area contributed by atoms with Crippen LogP contribution in [0.25, 0.3) is 0 Å². The number of rotatable bonds is 3. The van der Waals surface area contributed by atoms with E-state index in [1.807, 2.05) is 0 Å². The lowest BCUT2D eigenvalue weighted by Gasteiger charge is -2.19. The van der Waals surface area contributed by atoms with Crippen molar-refractivity contribution < 1.29 is 32.5 Å². The maximum atomic E-state index is 11.7. The number of alkyl halides is 3. The summed E-state index contributed by atoms with van der Waals surface area (Å²) < 4.78 is 49.3. The van der Waals surface area contributed by atoms with Gasteiger partial charge in [-0.2, -0.15) is 18.3 Å². The van der Waals surface area contributed by atoms with Crippen LogP contribution in [-0.2, 0) is 19.3 Å². The highest BCUT2D eigenvalue weighted by atomic mass is 19.4. The maximum absolute atomic E-state index is 11.7. The van der Waals surface area contributed by atoms with Crippen LogP contribution in [0.2, 0.25) is 0 Å². The molecule has 1 aliphatic rings. The van der Waals surface area contributed by atoms with Gasteiger partial charge in [-0.15, -0.1) is 0 Å². The first-order chi connectivity index (χ1) is 6.70. The van der Waals surface area contributed by atoms with Gasteiger partial charge in [0.1, 0.15) is 12.7 Å². The molecule has 1 radical (unpaired) electrons. The van der Waals surface area contributed by atoms with Gasteiger partial charge in [-0.25, -0.2) is 0 Å². The van der Waals surface area contributed by atoms with Crippen molar-refractivity contribution in [2.75, 3.05) is 13.2 Å². The van der Waals surface area contributed by atoms with E-state index in [9.17, 15) is 18.3 Å². The summed E-state index contributed by atoms with van der Waals surface area (Å²) in [6.45, 7) is 1.52. The molecule has 0 aromatic heterocycles. The van der Waals surface area contributed by atoms with E-state index < -0.39 is 31.0 Å². The van der Waals surface area contributed by atoms with Gasteiger partial charge < -0.3 is 14.2 Å². The van der Waals surface area contributed by atoms with Crippen LogP contribution in [0.5, 0.6) is 0 Å². The quantitative estimate of drug-likeness (QED) is 0.688. The van der Waals surface area contributed by atoms with Crippen LogP contribution < -0.4 is 0 Å². The van der Waals surface area contributed by atoms with Gasteiger partial charge in [0.25, 0.3) is 0 Å². The summed E-state index contributed by atoms with van der Waals surface area (Å²) in [5.74, 6) is -0.936. The van der Waals surface area contributed by atoms with Crippen molar-refractivity contribution in [1.29, 1.82) is 0 Å². The topological polar surface area (TPSA) is 47.6 Å². The predicted molar refractivity (Wildman–Crippen MR) is 41.4 cm³/mol. The molecule has 0 saturated carbocycles. The molecule has 1 rings (SSSR count). The molecule has 2 atom stereocenters. The highest BCUT2D eigenvalue weighted by Gasteiger charge is 2.39. The first-order valence-corrected chi connectivity index (χ1v) is 4.35.